The van der Waals surface area contributed by atoms with E-state index in [0.717, 1.165) is 30.8 Å². The number of nitrogens with two attached hydrogens (primary N) is 1. The van der Waals surface area contributed by atoms with E-state index in [4.69, 9.17) is 15.2 Å². The molecule has 1 saturated carbocycles. The second-order valence-corrected chi connectivity index (χ2v) is 6.63. The Kier molecular flexibility index (Phi) is 4.51. The molecule has 1 unspecified atom stereocenters. The summed E-state index contributed by atoms with van der Waals surface area (Å²) >= 11 is 0. The zero-order valence-electron chi connectivity index (χ0n) is 13.1. The molecule has 1 aromatic rings. The topological polar surface area (TPSA) is 44.5 Å². The van der Waals surface area contributed by atoms with Gasteiger partial charge in [0.1, 0.15) is 11.9 Å². The highest BCUT2D eigenvalue weighted by Gasteiger charge is 2.39. The van der Waals surface area contributed by atoms with Crippen LogP contribution in [0.1, 0.15) is 56.1 Å². The maximum absolute atomic E-state index is 6.32. The van der Waals surface area contributed by atoms with Gasteiger partial charge in [0.25, 0.3) is 0 Å². The molecule has 1 saturated heterocycles. The normalized spacial score (nSPS) is 25.0. The first-order valence-electron chi connectivity index (χ1n) is 8.31. The van der Waals surface area contributed by atoms with E-state index in [-0.39, 0.29) is 11.7 Å². The summed E-state index contributed by atoms with van der Waals surface area (Å²) in [7, 11) is 0. The highest BCUT2D eigenvalue weighted by Crippen LogP contribution is 2.39. The minimum atomic E-state index is 0.0978. The van der Waals surface area contributed by atoms with Crippen LogP contribution in [0.4, 0.5) is 0 Å². The predicted molar refractivity (Wildman–Crippen MR) is 84.5 cm³/mol. The van der Waals surface area contributed by atoms with E-state index in [9.17, 15) is 0 Å². The minimum Gasteiger partial charge on any atom is -0.490 e. The Morgan fingerprint density at radius 3 is 2.86 bits per heavy atom. The fraction of sp³-hybridized carbons (Fsp3) is 0.667. The summed E-state index contributed by atoms with van der Waals surface area (Å²) < 4.78 is 12.5. The van der Waals surface area contributed by atoms with Crippen LogP contribution in [0, 0.1) is 6.92 Å². The maximum Gasteiger partial charge on any atom is 0.122 e. The third-order valence-corrected chi connectivity index (χ3v) is 4.99. The summed E-state index contributed by atoms with van der Waals surface area (Å²) in [6.07, 6.45) is 8.68. The number of hydrogen-bond acceptors (Lipinski definition) is 3. The summed E-state index contributed by atoms with van der Waals surface area (Å²) in [5.74, 6) is 0.996. The third kappa shape index (κ3) is 3.41. The molecule has 116 valence electrons. The van der Waals surface area contributed by atoms with Gasteiger partial charge in [0.2, 0.25) is 0 Å². The van der Waals surface area contributed by atoms with Crippen molar-refractivity contribution in [1.29, 1.82) is 0 Å². The Morgan fingerprint density at radius 2 is 2.10 bits per heavy atom. The molecule has 2 N–H and O–H groups in total. The second kappa shape index (κ2) is 6.37. The van der Waals surface area contributed by atoms with E-state index in [1.54, 1.807) is 0 Å². The Bertz CT molecular complexity index is 475. The maximum atomic E-state index is 6.32. The molecule has 0 amide bonds. The van der Waals surface area contributed by atoms with Gasteiger partial charge in [-0.25, -0.2) is 0 Å². The molecule has 1 heterocycles. The fourth-order valence-corrected chi connectivity index (χ4v) is 3.71. The van der Waals surface area contributed by atoms with Gasteiger partial charge in [-0.2, -0.15) is 0 Å². The molecule has 2 aliphatic rings. The minimum absolute atomic E-state index is 0.0978. The zero-order chi connectivity index (χ0) is 14.7. The smallest absolute Gasteiger partial charge is 0.122 e. The second-order valence-electron chi connectivity index (χ2n) is 6.63. The SMILES string of the molecule is Cc1ccc(CN)cc1OC1CCOC2(CCCCC2)C1. The van der Waals surface area contributed by atoms with Crippen molar-refractivity contribution >= 4 is 0 Å². The van der Waals surface area contributed by atoms with Crippen molar-refractivity contribution in [3.63, 3.8) is 0 Å². The van der Waals surface area contributed by atoms with Crippen LogP contribution in [0.15, 0.2) is 18.2 Å². The number of aryl methyl sites for hydroxylation is 1. The van der Waals surface area contributed by atoms with E-state index in [1.165, 1.54) is 37.7 Å². The summed E-state index contributed by atoms with van der Waals surface area (Å²) in [5, 5.41) is 0. The molecule has 3 rings (SSSR count). The van der Waals surface area contributed by atoms with Gasteiger partial charge in [0.15, 0.2) is 0 Å². The van der Waals surface area contributed by atoms with Crippen LogP contribution in [0.3, 0.4) is 0 Å². The van der Waals surface area contributed by atoms with Gasteiger partial charge in [-0.3, -0.25) is 0 Å². The van der Waals surface area contributed by atoms with Crippen LogP contribution in [0.25, 0.3) is 0 Å². The van der Waals surface area contributed by atoms with Gasteiger partial charge in [0.05, 0.1) is 12.2 Å². The molecule has 1 spiro atoms. The van der Waals surface area contributed by atoms with Gasteiger partial charge < -0.3 is 15.2 Å². The molecule has 1 aliphatic heterocycles. The first kappa shape index (κ1) is 14.9. The molecule has 3 nitrogen and oxygen atoms in total. The van der Waals surface area contributed by atoms with E-state index >= 15 is 0 Å². The average Bonchev–Trinajstić information content (AvgIpc) is 2.50. The first-order valence-corrected chi connectivity index (χ1v) is 8.31. The quantitative estimate of drug-likeness (QED) is 0.922. The lowest BCUT2D eigenvalue weighted by molar-refractivity contribution is -0.129. The molecular weight excluding hydrogens is 262 g/mol. The van der Waals surface area contributed by atoms with Crippen molar-refractivity contribution < 1.29 is 9.47 Å². The van der Waals surface area contributed by atoms with Crippen molar-refractivity contribution in [3.05, 3.63) is 29.3 Å². The lowest BCUT2D eigenvalue weighted by Gasteiger charge is -2.43. The Hall–Kier alpha value is -1.06. The van der Waals surface area contributed by atoms with Crippen LogP contribution in [0.5, 0.6) is 5.75 Å². The van der Waals surface area contributed by atoms with Crippen LogP contribution in [-0.2, 0) is 11.3 Å². The van der Waals surface area contributed by atoms with E-state index < -0.39 is 0 Å². The van der Waals surface area contributed by atoms with Gasteiger partial charge in [0, 0.05) is 19.4 Å². The number of hydrogen-bond donors (Lipinski definition) is 1. The predicted octanol–water partition coefficient (Wildman–Crippen LogP) is 3.71. The molecule has 1 aromatic carbocycles. The fourth-order valence-electron chi connectivity index (χ4n) is 3.71. The Morgan fingerprint density at radius 1 is 1.29 bits per heavy atom. The standard InChI is InChI=1S/C18H27NO2/c1-14-5-6-15(13-19)11-17(14)21-16-7-10-20-18(12-16)8-3-2-4-9-18/h5-6,11,16H,2-4,7-10,12-13,19H2,1H3. The molecule has 3 heteroatoms. The van der Waals surface area contributed by atoms with Gasteiger partial charge in [-0.15, -0.1) is 0 Å². The Balaban J connectivity index is 1.69. The summed E-state index contributed by atoms with van der Waals surface area (Å²) in [5.41, 5.74) is 8.16. The highest BCUT2D eigenvalue weighted by molar-refractivity contribution is 5.36. The zero-order valence-corrected chi connectivity index (χ0v) is 13.1. The lowest BCUT2D eigenvalue weighted by atomic mass is 9.79. The summed E-state index contributed by atoms with van der Waals surface area (Å²) in [6.45, 7) is 3.50. The average molecular weight is 289 g/mol. The van der Waals surface area contributed by atoms with Crippen LogP contribution in [-0.4, -0.2) is 18.3 Å². The van der Waals surface area contributed by atoms with Crippen LogP contribution in [0.2, 0.25) is 0 Å². The van der Waals surface area contributed by atoms with E-state index in [2.05, 4.69) is 25.1 Å². The van der Waals surface area contributed by atoms with E-state index in [0.29, 0.717) is 6.54 Å². The van der Waals surface area contributed by atoms with Crippen molar-refractivity contribution in [2.45, 2.75) is 70.1 Å². The monoisotopic (exact) mass is 289 g/mol. The van der Waals surface area contributed by atoms with E-state index in [1.807, 2.05) is 0 Å². The largest absolute Gasteiger partial charge is 0.490 e. The van der Waals surface area contributed by atoms with Crippen molar-refractivity contribution in [1.82, 2.24) is 0 Å². The molecule has 0 bridgehead atoms. The summed E-state index contributed by atoms with van der Waals surface area (Å²) in [4.78, 5) is 0. The van der Waals surface area contributed by atoms with Crippen LogP contribution >= 0.6 is 0 Å². The van der Waals surface area contributed by atoms with Gasteiger partial charge in [-0.1, -0.05) is 31.4 Å². The van der Waals surface area contributed by atoms with Crippen LogP contribution < -0.4 is 10.5 Å². The highest BCUT2D eigenvalue weighted by atomic mass is 16.5. The van der Waals surface area contributed by atoms with Gasteiger partial charge >= 0.3 is 0 Å². The molecule has 1 atom stereocenters. The molecule has 2 fully saturated rings. The third-order valence-electron chi connectivity index (χ3n) is 4.99. The molecule has 21 heavy (non-hydrogen) atoms. The number of benzene rings is 1. The number of rotatable bonds is 3. The lowest BCUT2D eigenvalue weighted by Crippen LogP contribution is -2.45. The van der Waals surface area contributed by atoms with Crippen molar-refractivity contribution in [3.8, 4) is 5.75 Å². The van der Waals surface area contributed by atoms with Crippen molar-refractivity contribution in [2.75, 3.05) is 6.61 Å². The molecule has 1 aliphatic carbocycles. The molecule has 0 radical (unpaired) electrons. The van der Waals surface area contributed by atoms with Gasteiger partial charge in [-0.05, 0) is 37.0 Å². The first-order chi connectivity index (χ1) is 10.2. The summed E-state index contributed by atoms with van der Waals surface area (Å²) in [6, 6.07) is 6.28. The van der Waals surface area contributed by atoms with Crippen molar-refractivity contribution in [2.24, 2.45) is 5.73 Å². The molecule has 0 aromatic heterocycles. The molecular formula is C18H27NO2. The number of ether oxygens (including phenoxy) is 2. The Labute approximate surface area is 127 Å².